The van der Waals surface area contributed by atoms with Gasteiger partial charge in [-0.05, 0) is 37.1 Å². The highest BCUT2D eigenvalue weighted by molar-refractivity contribution is 5.56. The Labute approximate surface area is 125 Å². The van der Waals surface area contributed by atoms with Crippen LogP contribution < -0.4 is 5.32 Å². The number of anilines is 1. The Bertz CT molecular complexity index is 733. The van der Waals surface area contributed by atoms with Crippen molar-refractivity contribution in [2.45, 2.75) is 26.6 Å². The van der Waals surface area contributed by atoms with Gasteiger partial charge in [0.2, 0.25) is 0 Å². The average Bonchev–Trinajstić information content (AvgIpc) is 2.48. The Morgan fingerprint density at radius 2 is 1.95 bits per heavy atom. The van der Waals surface area contributed by atoms with E-state index in [1.807, 2.05) is 6.07 Å². The fraction of sp³-hybridized carbons (Fsp3) is 0.267. The molecular weight excluding hydrogens is 293 g/mol. The summed E-state index contributed by atoms with van der Waals surface area (Å²) in [6.45, 7) is 3.60. The number of aryl methyl sites for hydroxylation is 1. The van der Waals surface area contributed by atoms with Crippen LogP contribution in [0.25, 0.3) is 0 Å². The number of benzene rings is 1. The van der Waals surface area contributed by atoms with Gasteiger partial charge in [0.15, 0.2) is 5.82 Å². The number of nitrogens with zero attached hydrogens (tertiary/aromatic N) is 3. The molecule has 1 aromatic carbocycles. The molecule has 0 amide bonds. The first kappa shape index (κ1) is 15.8. The van der Waals surface area contributed by atoms with Crippen LogP contribution in [-0.2, 0) is 12.7 Å². The molecule has 0 atom stereocenters. The number of alkyl halides is 3. The van der Waals surface area contributed by atoms with E-state index in [-0.39, 0.29) is 12.4 Å². The molecule has 0 saturated heterocycles. The maximum absolute atomic E-state index is 12.7. The highest BCUT2D eigenvalue weighted by Gasteiger charge is 2.30. The standard InChI is InChI=1S/C15H13F3N4/c1-9-10(2)21-22-14(13(9)7-19)20-8-11-4-3-5-12(6-11)15(16,17)18/h3-6H,8H2,1-2H3,(H,20,22). The molecule has 0 aliphatic heterocycles. The van der Waals surface area contributed by atoms with Gasteiger partial charge >= 0.3 is 6.18 Å². The van der Waals surface area contributed by atoms with E-state index in [2.05, 4.69) is 15.5 Å². The van der Waals surface area contributed by atoms with Crippen molar-refractivity contribution in [3.05, 3.63) is 52.2 Å². The predicted molar refractivity (Wildman–Crippen MR) is 75.0 cm³/mol. The van der Waals surface area contributed by atoms with Crippen molar-refractivity contribution in [3.8, 4) is 6.07 Å². The molecule has 0 unspecified atom stereocenters. The first-order valence-electron chi connectivity index (χ1n) is 6.47. The number of aromatic nitrogens is 2. The van der Waals surface area contributed by atoms with E-state index >= 15 is 0 Å². The highest BCUT2D eigenvalue weighted by atomic mass is 19.4. The SMILES string of the molecule is Cc1nnc(NCc2cccc(C(F)(F)F)c2)c(C#N)c1C. The molecule has 7 heteroatoms. The van der Waals surface area contributed by atoms with Gasteiger partial charge in [-0.15, -0.1) is 5.10 Å². The number of rotatable bonds is 3. The molecule has 0 radical (unpaired) electrons. The molecule has 0 aliphatic rings. The fourth-order valence-electron chi connectivity index (χ4n) is 1.91. The van der Waals surface area contributed by atoms with E-state index in [9.17, 15) is 13.2 Å². The third-order valence-electron chi connectivity index (χ3n) is 3.28. The molecule has 1 N–H and O–H groups in total. The number of nitrogens with one attached hydrogen (secondary N) is 1. The second-order valence-electron chi connectivity index (χ2n) is 4.80. The summed E-state index contributed by atoms with van der Waals surface area (Å²) in [6, 6.07) is 7.03. The average molecular weight is 306 g/mol. The van der Waals surface area contributed by atoms with E-state index in [0.717, 1.165) is 12.1 Å². The minimum absolute atomic E-state index is 0.121. The minimum Gasteiger partial charge on any atom is -0.363 e. The first-order valence-corrected chi connectivity index (χ1v) is 6.47. The zero-order chi connectivity index (χ0) is 16.3. The van der Waals surface area contributed by atoms with Crippen molar-refractivity contribution in [1.82, 2.24) is 10.2 Å². The summed E-state index contributed by atoms with van der Waals surface area (Å²) in [6.07, 6.45) is -4.38. The lowest BCUT2D eigenvalue weighted by Crippen LogP contribution is -2.09. The molecule has 114 valence electrons. The van der Waals surface area contributed by atoms with Crippen molar-refractivity contribution >= 4 is 5.82 Å². The van der Waals surface area contributed by atoms with Crippen molar-refractivity contribution in [1.29, 1.82) is 5.26 Å². The zero-order valence-electron chi connectivity index (χ0n) is 12.0. The summed E-state index contributed by atoms with van der Waals surface area (Å²) in [7, 11) is 0. The van der Waals surface area contributed by atoms with Crippen molar-refractivity contribution in [2.24, 2.45) is 0 Å². The lowest BCUT2D eigenvalue weighted by molar-refractivity contribution is -0.137. The second kappa shape index (κ2) is 6.02. The van der Waals surface area contributed by atoms with Crippen LogP contribution in [0.3, 0.4) is 0 Å². The van der Waals surface area contributed by atoms with Gasteiger partial charge < -0.3 is 5.32 Å². The van der Waals surface area contributed by atoms with Crippen molar-refractivity contribution < 1.29 is 13.2 Å². The Hall–Kier alpha value is -2.62. The molecule has 0 fully saturated rings. The highest BCUT2D eigenvalue weighted by Crippen LogP contribution is 2.29. The lowest BCUT2D eigenvalue weighted by Gasteiger charge is -2.11. The molecule has 0 saturated carbocycles. The van der Waals surface area contributed by atoms with Crippen LogP contribution in [-0.4, -0.2) is 10.2 Å². The van der Waals surface area contributed by atoms with Crippen LogP contribution in [0.2, 0.25) is 0 Å². The van der Waals surface area contributed by atoms with Crippen LogP contribution in [0.4, 0.5) is 19.0 Å². The Balaban J connectivity index is 2.21. The predicted octanol–water partition coefficient (Wildman–Crippen LogP) is 3.60. The molecular formula is C15H13F3N4. The summed E-state index contributed by atoms with van der Waals surface area (Å²) in [5, 5.41) is 19.8. The van der Waals surface area contributed by atoms with Gasteiger partial charge in [0.05, 0.1) is 11.3 Å². The van der Waals surface area contributed by atoms with Gasteiger partial charge in [0, 0.05) is 6.54 Å². The van der Waals surface area contributed by atoms with Gasteiger partial charge in [-0.2, -0.15) is 23.5 Å². The van der Waals surface area contributed by atoms with Crippen LogP contribution in [0, 0.1) is 25.2 Å². The Morgan fingerprint density at radius 1 is 1.23 bits per heavy atom. The Morgan fingerprint density at radius 3 is 2.59 bits per heavy atom. The van der Waals surface area contributed by atoms with Crippen LogP contribution in [0.5, 0.6) is 0 Å². The monoisotopic (exact) mass is 306 g/mol. The van der Waals surface area contributed by atoms with Gasteiger partial charge in [-0.1, -0.05) is 12.1 Å². The number of hydrogen-bond acceptors (Lipinski definition) is 4. The lowest BCUT2D eigenvalue weighted by atomic mass is 10.1. The second-order valence-corrected chi connectivity index (χ2v) is 4.80. The largest absolute Gasteiger partial charge is 0.416 e. The summed E-state index contributed by atoms with van der Waals surface area (Å²) >= 11 is 0. The molecule has 2 rings (SSSR count). The molecule has 0 bridgehead atoms. The quantitative estimate of drug-likeness (QED) is 0.941. The van der Waals surface area contributed by atoms with E-state index in [1.54, 1.807) is 19.9 Å². The molecule has 0 spiro atoms. The summed E-state index contributed by atoms with van der Waals surface area (Å²) < 4.78 is 38.0. The maximum atomic E-state index is 12.7. The first-order chi connectivity index (χ1) is 10.3. The van der Waals surface area contributed by atoms with E-state index < -0.39 is 11.7 Å². The van der Waals surface area contributed by atoms with Crippen molar-refractivity contribution in [3.63, 3.8) is 0 Å². The van der Waals surface area contributed by atoms with Gasteiger partial charge in [0.1, 0.15) is 11.6 Å². The molecule has 2 aromatic rings. The van der Waals surface area contributed by atoms with E-state index in [0.29, 0.717) is 22.4 Å². The summed E-state index contributed by atoms with van der Waals surface area (Å²) in [4.78, 5) is 0. The number of hydrogen-bond donors (Lipinski definition) is 1. The van der Waals surface area contributed by atoms with Crippen LogP contribution in [0.1, 0.15) is 27.9 Å². The van der Waals surface area contributed by atoms with Gasteiger partial charge in [-0.3, -0.25) is 0 Å². The number of halogens is 3. The summed E-state index contributed by atoms with van der Waals surface area (Å²) in [5.41, 5.74) is 1.42. The van der Waals surface area contributed by atoms with Gasteiger partial charge in [-0.25, -0.2) is 0 Å². The molecule has 4 nitrogen and oxygen atoms in total. The number of nitriles is 1. The fourth-order valence-corrected chi connectivity index (χ4v) is 1.91. The van der Waals surface area contributed by atoms with E-state index in [1.165, 1.54) is 6.07 Å². The van der Waals surface area contributed by atoms with E-state index in [4.69, 9.17) is 5.26 Å². The maximum Gasteiger partial charge on any atom is 0.416 e. The molecule has 22 heavy (non-hydrogen) atoms. The zero-order valence-corrected chi connectivity index (χ0v) is 12.0. The molecule has 1 heterocycles. The Kier molecular flexibility index (Phi) is 4.31. The third-order valence-corrected chi connectivity index (χ3v) is 3.28. The smallest absolute Gasteiger partial charge is 0.363 e. The third kappa shape index (κ3) is 3.34. The van der Waals surface area contributed by atoms with Crippen LogP contribution in [0.15, 0.2) is 24.3 Å². The van der Waals surface area contributed by atoms with Gasteiger partial charge in [0.25, 0.3) is 0 Å². The molecule has 1 aromatic heterocycles. The normalized spacial score (nSPS) is 11.1. The van der Waals surface area contributed by atoms with Crippen LogP contribution >= 0.6 is 0 Å². The summed E-state index contributed by atoms with van der Waals surface area (Å²) in [5.74, 6) is 0.267. The van der Waals surface area contributed by atoms with Crippen molar-refractivity contribution in [2.75, 3.05) is 5.32 Å². The minimum atomic E-state index is -4.38. The topological polar surface area (TPSA) is 61.6 Å². The molecule has 0 aliphatic carbocycles.